The minimum atomic E-state index is 0.299. The Balaban J connectivity index is 1.97. The fourth-order valence-corrected chi connectivity index (χ4v) is 2.68. The highest BCUT2D eigenvalue weighted by Crippen LogP contribution is 2.33. The first-order valence-corrected chi connectivity index (χ1v) is 7.18. The average molecular weight is 286 g/mol. The van der Waals surface area contributed by atoms with E-state index in [0.29, 0.717) is 10.9 Å². The monoisotopic (exact) mass is 285 g/mol. The lowest BCUT2D eigenvalue weighted by Crippen LogP contribution is -2.18. The molecule has 0 spiro atoms. The Morgan fingerprint density at radius 1 is 1.44 bits per heavy atom. The zero-order valence-corrected chi connectivity index (χ0v) is 11.7. The Kier molecular flexibility index (Phi) is 4.00. The van der Waals surface area contributed by atoms with Crippen molar-refractivity contribution < 1.29 is 0 Å². The normalized spacial score (nSPS) is 27.9. The third-order valence-electron chi connectivity index (χ3n) is 3.70. The summed E-state index contributed by atoms with van der Waals surface area (Å²) in [6.07, 6.45) is 8.64. The third kappa shape index (κ3) is 2.65. The van der Waals surface area contributed by atoms with Gasteiger partial charge in [-0.1, -0.05) is 34.5 Å². The number of hydrogen-bond acceptors (Lipinski definition) is 2. The van der Waals surface area contributed by atoms with Crippen LogP contribution in [-0.4, -0.2) is 15.0 Å². The highest BCUT2D eigenvalue weighted by Gasteiger charge is 2.22. The van der Waals surface area contributed by atoms with Crippen LogP contribution >= 0.6 is 15.9 Å². The molecule has 4 heteroatoms. The van der Waals surface area contributed by atoms with E-state index in [2.05, 4.69) is 51.0 Å². The molecule has 0 bridgehead atoms. The van der Waals surface area contributed by atoms with Crippen LogP contribution in [0.5, 0.6) is 0 Å². The Labute approximate surface area is 106 Å². The van der Waals surface area contributed by atoms with E-state index < -0.39 is 0 Å². The first-order valence-electron chi connectivity index (χ1n) is 6.26. The number of alkyl halides is 1. The first-order chi connectivity index (χ1) is 7.70. The van der Waals surface area contributed by atoms with E-state index in [1.807, 2.05) is 0 Å². The first kappa shape index (κ1) is 12.1. The maximum Gasteiger partial charge on any atom is 0.0960 e. The van der Waals surface area contributed by atoms with Crippen LogP contribution < -0.4 is 0 Å². The van der Waals surface area contributed by atoms with Crippen LogP contribution in [0.1, 0.15) is 62.5 Å². The number of halogens is 1. The molecule has 0 amide bonds. The van der Waals surface area contributed by atoms with Gasteiger partial charge in [0.25, 0.3) is 0 Å². The molecule has 1 aliphatic rings. The minimum absolute atomic E-state index is 0.299. The Hall–Kier alpha value is -0.380. The molecule has 3 nitrogen and oxygen atoms in total. The van der Waals surface area contributed by atoms with Gasteiger partial charge in [0.15, 0.2) is 0 Å². The van der Waals surface area contributed by atoms with Crippen LogP contribution in [0.25, 0.3) is 0 Å². The maximum atomic E-state index is 4.25. The summed E-state index contributed by atoms with van der Waals surface area (Å²) < 4.78 is 2.07. The summed E-state index contributed by atoms with van der Waals surface area (Å²) in [5, 5.41) is 8.44. The number of aromatic nitrogens is 3. The van der Waals surface area contributed by atoms with Crippen molar-refractivity contribution in [1.82, 2.24) is 15.0 Å². The van der Waals surface area contributed by atoms with Gasteiger partial charge >= 0.3 is 0 Å². The Morgan fingerprint density at radius 2 is 2.12 bits per heavy atom. The van der Waals surface area contributed by atoms with Gasteiger partial charge < -0.3 is 0 Å². The van der Waals surface area contributed by atoms with Gasteiger partial charge in [-0.2, -0.15) is 0 Å². The van der Waals surface area contributed by atoms with Gasteiger partial charge in [0, 0.05) is 6.20 Å². The van der Waals surface area contributed by atoms with Crippen molar-refractivity contribution in [2.75, 3.05) is 0 Å². The Bertz CT molecular complexity index is 327. The van der Waals surface area contributed by atoms with E-state index in [0.717, 1.165) is 11.6 Å². The molecular weight excluding hydrogens is 266 g/mol. The van der Waals surface area contributed by atoms with Crippen molar-refractivity contribution in [2.45, 2.75) is 56.8 Å². The minimum Gasteiger partial charge on any atom is -0.249 e. The predicted molar refractivity (Wildman–Crippen MR) is 68.7 cm³/mol. The second-order valence-electron chi connectivity index (χ2n) is 4.82. The summed E-state index contributed by atoms with van der Waals surface area (Å²) in [4.78, 5) is 0.299. The van der Waals surface area contributed by atoms with E-state index in [1.165, 1.54) is 32.1 Å². The molecule has 16 heavy (non-hydrogen) atoms. The van der Waals surface area contributed by atoms with Crippen molar-refractivity contribution in [2.24, 2.45) is 5.92 Å². The van der Waals surface area contributed by atoms with E-state index in [-0.39, 0.29) is 0 Å². The van der Waals surface area contributed by atoms with Crippen LogP contribution in [0.2, 0.25) is 0 Å². The van der Waals surface area contributed by atoms with Crippen molar-refractivity contribution >= 4 is 15.9 Å². The molecular formula is C12H20BrN3. The number of nitrogens with zero attached hydrogens (tertiary/aromatic N) is 3. The highest BCUT2D eigenvalue weighted by atomic mass is 79.9. The number of hydrogen-bond donors (Lipinski definition) is 0. The summed E-state index contributed by atoms with van der Waals surface area (Å²) in [5.41, 5.74) is 1.04. The van der Waals surface area contributed by atoms with Gasteiger partial charge in [-0.3, -0.25) is 0 Å². The molecule has 1 fully saturated rings. The van der Waals surface area contributed by atoms with Crippen molar-refractivity contribution in [3.05, 3.63) is 11.9 Å². The third-order valence-corrected chi connectivity index (χ3v) is 4.17. The standard InChI is InChI=1S/C12H20BrN3/c1-3-10-4-6-11(7-5-10)16-8-12(9(2)13)14-15-16/h8-11H,3-7H2,1-2H3. The lowest BCUT2D eigenvalue weighted by Gasteiger charge is -2.27. The molecule has 1 heterocycles. The van der Waals surface area contributed by atoms with Crippen LogP contribution in [-0.2, 0) is 0 Å². The zero-order chi connectivity index (χ0) is 11.5. The molecule has 0 N–H and O–H groups in total. The summed E-state index contributed by atoms with van der Waals surface area (Å²) in [6, 6.07) is 0.579. The molecule has 0 aliphatic heterocycles. The van der Waals surface area contributed by atoms with Crippen molar-refractivity contribution in [3.63, 3.8) is 0 Å². The molecule has 0 radical (unpaired) electrons. The molecule has 1 unspecified atom stereocenters. The topological polar surface area (TPSA) is 30.7 Å². The highest BCUT2D eigenvalue weighted by molar-refractivity contribution is 9.09. The second kappa shape index (κ2) is 5.30. The smallest absolute Gasteiger partial charge is 0.0960 e. The van der Waals surface area contributed by atoms with E-state index in [1.54, 1.807) is 0 Å². The average Bonchev–Trinajstić information content (AvgIpc) is 2.78. The molecule has 1 saturated carbocycles. The van der Waals surface area contributed by atoms with Crippen molar-refractivity contribution in [3.8, 4) is 0 Å². The summed E-state index contributed by atoms with van der Waals surface area (Å²) in [5.74, 6) is 0.939. The summed E-state index contributed by atoms with van der Waals surface area (Å²) in [6.45, 7) is 4.38. The SMILES string of the molecule is CCC1CCC(n2cc(C(C)Br)nn2)CC1. The van der Waals surface area contributed by atoms with E-state index in [4.69, 9.17) is 0 Å². The van der Waals surface area contributed by atoms with Gasteiger partial charge in [-0.05, 0) is 38.5 Å². The molecule has 1 aliphatic carbocycles. The van der Waals surface area contributed by atoms with Gasteiger partial charge in [-0.25, -0.2) is 4.68 Å². The number of rotatable bonds is 3. The van der Waals surface area contributed by atoms with Crippen LogP contribution in [0.15, 0.2) is 6.20 Å². The summed E-state index contributed by atoms with van der Waals surface area (Å²) in [7, 11) is 0. The Morgan fingerprint density at radius 3 is 2.62 bits per heavy atom. The lowest BCUT2D eigenvalue weighted by molar-refractivity contribution is 0.253. The predicted octanol–water partition coefficient (Wildman–Crippen LogP) is 3.88. The molecule has 1 aromatic rings. The lowest BCUT2D eigenvalue weighted by atomic mass is 9.85. The molecule has 90 valence electrons. The van der Waals surface area contributed by atoms with Crippen LogP contribution in [0, 0.1) is 5.92 Å². The van der Waals surface area contributed by atoms with Crippen molar-refractivity contribution in [1.29, 1.82) is 0 Å². The largest absolute Gasteiger partial charge is 0.249 e. The van der Waals surface area contributed by atoms with Crippen LogP contribution in [0.4, 0.5) is 0 Å². The second-order valence-corrected chi connectivity index (χ2v) is 6.20. The fraction of sp³-hybridized carbons (Fsp3) is 0.833. The summed E-state index contributed by atoms with van der Waals surface area (Å²) >= 11 is 3.52. The van der Waals surface area contributed by atoms with E-state index in [9.17, 15) is 0 Å². The van der Waals surface area contributed by atoms with Crippen LogP contribution in [0.3, 0.4) is 0 Å². The quantitative estimate of drug-likeness (QED) is 0.790. The fourth-order valence-electron chi connectivity index (χ4n) is 2.47. The zero-order valence-electron chi connectivity index (χ0n) is 10.1. The van der Waals surface area contributed by atoms with Gasteiger partial charge in [0.2, 0.25) is 0 Å². The molecule has 2 rings (SSSR count). The van der Waals surface area contributed by atoms with Gasteiger partial charge in [-0.15, -0.1) is 5.10 Å². The van der Waals surface area contributed by atoms with E-state index >= 15 is 0 Å². The molecule has 0 aromatic carbocycles. The molecule has 0 saturated heterocycles. The maximum absolute atomic E-state index is 4.25. The van der Waals surface area contributed by atoms with Gasteiger partial charge in [0.1, 0.15) is 0 Å². The molecule has 1 atom stereocenters. The molecule has 1 aromatic heterocycles. The van der Waals surface area contributed by atoms with Gasteiger partial charge in [0.05, 0.1) is 16.6 Å².